The lowest BCUT2D eigenvalue weighted by Crippen LogP contribution is -2.26. The number of esters is 1. The second-order valence-corrected chi connectivity index (χ2v) is 4.05. The second kappa shape index (κ2) is 4.95. The molecule has 2 rings (SSSR count). The van der Waals surface area contributed by atoms with Gasteiger partial charge in [0.2, 0.25) is 5.91 Å². The van der Waals surface area contributed by atoms with Crippen LogP contribution in [0.25, 0.3) is 0 Å². The van der Waals surface area contributed by atoms with Gasteiger partial charge in [0.05, 0.1) is 13.0 Å². The zero-order valence-corrected chi connectivity index (χ0v) is 9.63. The van der Waals surface area contributed by atoms with Gasteiger partial charge in [0, 0.05) is 31.9 Å². The number of ether oxygens (including phenoxy) is 1. The van der Waals surface area contributed by atoms with Gasteiger partial charge in [-0.1, -0.05) is 0 Å². The van der Waals surface area contributed by atoms with Gasteiger partial charge in [-0.05, 0) is 17.7 Å². The highest BCUT2D eigenvalue weighted by Crippen LogP contribution is 2.20. The fraction of sp³-hybridized carbons (Fsp3) is 0.417. The number of hydrogen-bond donors (Lipinski definition) is 0. The Hall–Kier alpha value is -1.91. The largest absolute Gasteiger partial charge is 0.469 e. The highest BCUT2D eigenvalue weighted by molar-refractivity contribution is 5.86. The summed E-state index contributed by atoms with van der Waals surface area (Å²) >= 11 is 0. The summed E-state index contributed by atoms with van der Waals surface area (Å²) in [4.78, 5) is 28.7. The lowest BCUT2D eigenvalue weighted by molar-refractivity contribution is -0.145. The number of methoxy groups -OCH3 is 1. The standard InChI is InChI=1S/C12H14N2O3/c1-17-12(16)10-6-11(15)14(8-10)7-9-2-4-13-5-3-9/h2-5,10H,6-8H2,1H3. The van der Waals surface area contributed by atoms with Crippen molar-refractivity contribution in [2.45, 2.75) is 13.0 Å². The molecule has 1 aliphatic heterocycles. The minimum absolute atomic E-state index is 0.00258. The van der Waals surface area contributed by atoms with Crippen LogP contribution in [-0.2, 0) is 20.9 Å². The molecular weight excluding hydrogens is 220 g/mol. The lowest BCUT2D eigenvalue weighted by atomic mass is 10.1. The first-order chi connectivity index (χ1) is 8.20. The molecule has 1 aliphatic rings. The molecule has 0 saturated carbocycles. The van der Waals surface area contributed by atoms with E-state index in [4.69, 9.17) is 0 Å². The molecule has 1 atom stereocenters. The smallest absolute Gasteiger partial charge is 0.310 e. The van der Waals surface area contributed by atoms with Crippen molar-refractivity contribution in [2.75, 3.05) is 13.7 Å². The first kappa shape index (κ1) is 11.6. The monoisotopic (exact) mass is 234 g/mol. The van der Waals surface area contributed by atoms with Crippen molar-refractivity contribution in [3.05, 3.63) is 30.1 Å². The van der Waals surface area contributed by atoms with Crippen molar-refractivity contribution < 1.29 is 14.3 Å². The van der Waals surface area contributed by atoms with Crippen LogP contribution in [0.5, 0.6) is 0 Å². The molecule has 0 aromatic carbocycles. The number of rotatable bonds is 3. The molecule has 5 heteroatoms. The van der Waals surface area contributed by atoms with Crippen molar-refractivity contribution in [3.8, 4) is 0 Å². The molecule has 0 radical (unpaired) electrons. The molecule has 2 heterocycles. The summed E-state index contributed by atoms with van der Waals surface area (Å²) in [7, 11) is 1.35. The summed E-state index contributed by atoms with van der Waals surface area (Å²) < 4.78 is 4.65. The maximum absolute atomic E-state index is 11.7. The zero-order chi connectivity index (χ0) is 12.3. The molecule has 1 aromatic heterocycles. The third kappa shape index (κ3) is 2.61. The topological polar surface area (TPSA) is 59.5 Å². The van der Waals surface area contributed by atoms with E-state index in [9.17, 15) is 9.59 Å². The van der Waals surface area contributed by atoms with E-state index in [1.165, 1.54) is 7.11 Å². The Bertz CT molecular complexity index is 419. The molecule has 0 bridgehead atoms. The van der Waals surface area contributed by atoms with Crippen LogP contribution in [-0.4, -0.2) is 35.4 Å². The fourth-order valence-corrected chi connectivity index (χ4v) is 1.96. The third-order valence-corrected chi connectivity index (χ3v) is 2.87. The predicted molar refractivity (Wildman–Crippen MR) is 59.8 cm³/mol. The summed E-state index contributed by atoms with van der Waals surface area (Å²) in [6.07, 6.45) is 3.62. The van der Waals surface area contributed by atoms with Gasteiger partial charge in [-0.3, -0.25) is 14.6 Å². The number of aromatic nitrogens is 1. The van der Waals surface area contributed by atoms with E-state index in [1.807, 2.05) is 12.1 Å². The van der Waals surface area contributed by atoms with Crippen LogP contribution in [0, 0.1) is 5.92 Å². The summed E-state index contributed by atoms with van der Waals surface area (Å²) in [6, 6.07) is 3.72. The quantitative estimate of drug-likeness (QED) is 0.719. The van der Waals surface area contributed by atoms with Crippen LogP contribution in [0.4, 0.5) is 0 Å². The van der Waals surface area contributed by atoms with Crippen molar-refractivity contribution in [3.63, 3.8) is 0 Å². The number of nitrogens with zero attached hydrogens (tertiary/aromatic N) is 2. The molecule has 1 amide bonds. The molecule has 90 valence electrons. The molecule has 5 nitrogen and oxygen atoms in total. The Balaban J connectivity index is 1.99. The molecule has 1 unspecified atom stereocenters. The average molecular weight is 234 g/mol. The van der Waals surface area contributed by atoms with E-state index < -0.39 is 0 Å². The Morgan fingerprint density at radius 3 is 2.88 bits per heavy atom. The van der Waals surface area contributed by atoms with Crippen molar-refractivity contribution in [1.82, 2.24) is 9.88 Å². The summed E-state index contributed by atoms with van der Waals surface area (Å²) in [5.41, 5.74) is 1.01. The van der Waals surface area contributed by atoms with Gasteiger partial charge in [0.1, 0.15) is 0 Å². The maximum Gasteiger partial charge on any atom is 0.310 e. The molecule has 0 aliphatic carbocycles. The second-order valence-electron chi connectivity index (χ2n) is 4.05. The molecule has 17 heavy (non-hydrogen) atoms. The van der Waals surface area contributed by atoms with Crippen molar-refractivity contribution in [2.24, 2.45) is 5.92 Å². The Morgan fingerprint density at radius 2 is 2.24 bits per heavy atom. The number of hydrogen-bond acceptors (Lipinski definition) is 4. The van der Waals surface area contributed by atoms with E-state index in [0.717, 1.165) is 5.56 Å². The van der Waals surface area contributed by atoms with Crippen molar-refractivity contribution >= 4 is 11.9 Å². The first-order valence-corrected chi connectivity index (χ1v) is 5.45. The Labute approximate surface area is 99.4 Å². The normalized spacial score (nSPS) is 19.5. The number of carbonyl (C=O) groups excluding carboxylic acids is 2. The zero-order valence-electron chi connectivity index (χ0n) is 9.63. The third-order valence-electron chi connectivity index (χ3n) is 2.87. The van der Waals surface area contributed by atoms with Crippen LogP contribution in [0.1, 0.15) is 12.0 Å². The van der Waals surface area contributed by atoms with E-state index in [-0.39, 0.29) is 24.2 Å². The van der Waals surface area contributed by atoms with Crippen LogP contribution in [0.15, 0.2) is 24.5 Å². The van der Waals surface area contributed by atoms with Crippen LogP contribution < -0.4 is 0 Å². The molecule has 1 saturated heterocycles. The average Bonchev–Trinajstić information content (AvgIpc) is 2.71. The van der Waals surface area contributed by atoms with E-state index in [1.54, 1.807) is 17.3 Å². The minimum Gasteiger partial charge on any atom is -0.469 e. The summed E-state index contributed by atoms with van der Waals surface area (Å²) in [5.74, 6) is -0.637. The number of pyridine rings is 1. The highest BCUT2D eigenvalue weighted by Gasteiger charge is 2.34. The van der Waals surface area contributed by atoms with Crippen molar-refractivity contribution in [1.29, 1.82) is 0 Å². The van der Waals surface area contributed by atoms with Gasteiger partial charge in [0.15, 0.2) is 0 Å². The SMILES string of the molecule is COC(=O)C1CC(=O)N(Cc2ccncc2)C1. The minimum atomic E-state index is -0.325. The van der Waals surface area contributed by atoms with Gasteiger partial charge >= 0.3 is 5.97 Å². The number of carbonyl (C=O) groups is 2. The predicted octanol–water partition coefficient (Wildman–Crippen LogP) is 0.603. The van der Waals surface area contributed by atoms with E-state index >= 15 is 0 Å². The van der Waals surface area contributed by atoms with Gasteiger partial charge in [-0.25, -0.2) is 0 Å². The van der Waals surface area contributed by atoms with Crippen LogP contribution in [0.2, 0.25) is 0 Å². The molecule has 0 N–H and O–H groups in total. The Kier molecular flexibility index (Phi) is 3.37. The van der Waals surface area contributed by atoms with E-state index in [2.05, 4.69) is 9.72 Å². The summed E-state index contributed by atoms with van der Waals surface area (Å²) in [6.45, 7) is 0.961. The maximum atomic E-state index is 11.7. The van der Waals surface area contributed by atoms with Crippen LogP contribution in [0.3, 0.4) is 0 Å². The lowest BCUT2D eigenvalue weighted by Gasteiger charge is -2.15. The number of amides is 1. The molecule has 1 fully saturated rings. The first-order valence-electron chi connectivity index (χ1n) is 5.45. The Morgan fingerprint density at radius 1 is 1.53 bits per heavy atom. The highest BCUT2D eigenvalue weighted by atomic mass is 16.5. The summed E-state index contributed by atoms with van der Waals surface area (Å²) in [5, 5.41) is 0. The van der Waals surface area contributed by atoms with Gasteiger partial charge < -0.3 is 9.64 Å². The molecular formula is C12H14N2O3. The van der Waals surface area contributed by atoms with E-state index in [0.29, 0.717) is 13.1 Å². The van der Waals surface area contributed by atoms with Gasteiger partial charge in [0.25, 0.3) is 0 Å². The van der Waals surface area contributed by atoms with Gasteiger partial charge in [-0.2, -0.15) is 0 Å². The van der Waals surface area contributed by atoms with Gasteiger partial charge in [-0.15, -0.1) is 0 Å². The molecule has 0 spiro atoms. The fourth-order valence-electron chi connectivity index (χ4n) is 1.96. The van der Waals surface area contributed by atoms with Crippen LogP contribution >= 0.6 is 0 Å². The molecule has 1 aromatic rings. The number of likely N-dealkylation sites (tertiary alicyclic amines) is 1.